The first kappa shape index (κ1) is 78.0. The number of hydrogen-bond acceptors (Lipinski definition) is 14. The van der Waals surface area contributed by atoms with Crippen molar-refractivity contribution < 1.29 is 27.8 Å². The largest absolute Gasteiger partial charge is 0.398 e. The van der Waals surface area contributed by atoms with Gasteiger partial charge in [-0.15, -0.1) is 29.6 Å². The Kier molecular flexibility index (Phi) is 32.0. The quantitative estimate of drug-likeness (QED) is 0.0408. The summed E-state index contributed by atoms with van der Waals surface area (Å²) in [5, 5.41) is 5.09. The molecular weight excluding hydrogens is 1470 g/mol. The van der Waals surface area contributed by atoms with Gasteiger partial charge in [-0.05, 0) is 187 Å². The van der Waals surface area contributed by atoms with Crippen molar-refractivity contribution in [1.29, 1.82) is 0 Å². The zero-order valence-corrected chi connectivity index (χ0v) is 61.1. The number of nitrogens with one attached hydrogen (secondary N) is 1. The number of carbonyl (C=O) groups is 1. The third-order valence-corrected chi connectivity index (χ3v) is 17.6. The second-order valence-corrected chi connectivity index (χ2v) is 25.4. The van der Waals surface area contributed by atoms with Gasteiger partial charge in [0.05, 0.1) is 51.7 Å². The number of anilines is 1. The molecule has 17 nitrogen and oxygen atoms in total. The van der Waals surface area contributed by atoms with Crippen LogP contribution in [-0.2, 0) is 54.3 Å². The zero-order valence-electron chi connectivity index (χ0n) is 54.8. The summed E-state index contributed by atoms with van der Waals surface area (Å²) < 4.78 is 47.5. The van der Waals surface area contributed by atoms with E-state index in [1.165, 1.54) is 102 Å². The number of rotatable bonds is 11. The third-order valence-electron chi connectivity index (χ3n) is 15.5. The van der Waals surface area contributed by atoms with Gasteiger partial charge in [0.1, 0.15) is 35.0 Å². The van der Waals surface area contributed by atoms with E-state index in [1.54, 1.807) is 77.8 Å². The number of carbonyl (C=O) groups excluding carboxylic acids is 1. The maximum Gasteiger partial charge on any atom is 0.296 e. The topological polar surface area (TPSA) is 194 Å². The third kappa shape index (κ3) is 23.1. The predicted molar refractivity (Wildman–Crippen MR) is 391 cm³/mol. The maximum absolute atomic E-state index is 13.3. The van der Waals surface area contributed by atoms with Crippen LogP contribution >= 0.6 is 71.0 Å². The van der Waals surface area contributed by atoms with Gasteiger partial charge in [0.15, 0.2) is 5.78 Å². The normalized spacial score (nSPS) is 13.3. The SMILES string of the molecule is C#Cc1cccc(F)c1.C1CCNC1.CCC(=O)c1ccc(Br)cc1N.COC(CCl)(OC)OC.Cn1c(CCl)nc2cc(Br)ccc2c1=O.Cn1c(CN2CCCC2)nc2cc(Br)ccc2c1=O.Cn1c(CN2CCCC2)nc2cc(C#Cc3cccc(F)c3)ccc2c1=O. The minimum absolute atomic E-state index is 0.0340. The van der Waals surface area contributed by atoms with Crippen molar-refractivity contribution >= 4 is 115 Å². The Bertz CT molecular complexity index is 4360. The number of ketones is 1. The van der Waals surface area contributed by atoms with E-state index in [0.29, 0.717) is 68.4 Å². The second-order valence-electron chi connectivity index (χ2n) is 22.1. The van der Waals surface area contributed by atoms with Gasteiger partial charge in [-0.25, -0.2) is 23.7 Å². The Labute approximate surface area is 594 Å². The van der Waals surface area contributed by atoms with Gasteiger partial charge in [-0.1, -0.05) is 84.6 Å². The number of methoxy groups -OCH3 is 3. The molecule has 3 fully saturated rings. The minimum atomic E-state index is -1.07. The van der Waals surface area contributed by atoms with Crippen LogP contribution in [0.2, 0.25) is 0 Å². The Hall–Kier alpha value is -7.03. The van der Waals surface area contributed by atoms with Crippen molar-refractivity contribution in [3.05, 3.63) is 217 Å². The van der Waals surface area contributed by atoms with Gasteiger partial charge in [0.25, 0.3) is 22.7 Å². The number of ether oxygens (including phenoxy) is 3. The summed E-state index contributed by atoms with van der Waals surface area (Å²) in [5.41, 5.74) is 10.8. The number of nitrogens with zero attached hydrogens (tertiary/aromatic N) is 8. The summed E-state index contributed by atoms with van der Waals surface area (Å²) in [4.78, 5) is 66.5. The van der Waals surface area contributed by atoms with E-state index in [0.717, 1.165) is 68.9 Å². The highest BCUT2D eigenvalue weighted by molar-refractivity contribution is 9.11. The van der Waals surface area contributed by atoms with E-state index in [2.05, 4.69) is 90.6 Å². The number of nitrogen functional groups attached to an aromatic ring is 1. The summed E-state index contributed by atoms with van der Waals surface area (Å²) in [6, 6.07) is 33.8. The number of halogens is 7. The first-order valence-corrected chi connectivity index (χ1v) is 34.4. The fourth-order valence-electron chi connectivity index (χ4n) is 9.96. The van der Waals surface area contributed by atoms with Crippen molar-refractivity contribution in [3.8, 4) is 24.2 Å². The molecule has 0 radical (unpaired) electrons. The van der Waals surface area contributed by atoms with Crippen LogP contribution in [0.4, 0.5) is 14.5 Å². The molecule has 3 aromatic heterocycles. The lowest BCUT2D eigenvalue weighted by Gasteiger charge is -2.25. The lowest BCUT2D eigenvalue weighted by atomic mass is 10.1. The van der Waals surface area contributed by atoms with E-state index in [9.17, 15) is 28.0 Å². The number of nitrogens with two attached hydrogens (primary N) is 1. The molecule has 6 aromatic carbocycles. The lowest BCUT2D eigenvalue weighted by molar-refractivity contribution is -0.337. The Balaban J connectivity index is 0.000000187. The van der Waals surface area contributed by atoms with Crippen LogP contribution in [0.3, 0.4) is 0 Å². The molecule has 508 valence electrons. The smallest absolute Gasteiger partial charge is 0.296 e. The molecule has 3 N–H and O–H groups in total. The summed E-state index contributed by atoms with van der Waals surface area (Å²) in [7, 11) is 9.66. The van der Waals surface area contributed by atoms with Crippen LogP contribution in [0.5, 0.6) is 0 Å². The van der Waals surface area contributed by atoms with Crippen LogP contribution in [0.15, 0.2) is 149 Å². The highest BCUT2D eigenvalue weighted by atomic mass is 79.9. The van der Waals surface area contributed by atoms with E-state index in [4.69, 9.17) is 54.6 Å². The molecule has 0 amide bonds. The Morgan fingerprint density at radius 2 is 0.990 bits per heavy atom. The molecule has 0 atom stereocenters. The highest BCUT2D eigenvalue weighted by Crippen LogP contribution is 2.22. The molecule has 0 aliphatic carbocycles. The van der Waals surface area contributed by atoms with Crippen molar-refractivity contribution in [2.24, 2.45) is 21.1 Å². The molecule has 24 heteroatoms. The van der Waals surface area contributed by atoms with Gasteiger partial charge in [0, 0.05) is 90.3 Å². The van der Waals surface area contributed by atoms with Gasteiger partial charge >= 0.3 is 0 Å². The number of terminal acetylenes is 1. The fraction of sp³-hybridized carbons (Fsp3) is 0.347. The molecule has 3 aliphatic heterocycles. The molecular formula is C72H79Br3Cl2F2N10O7. The number of benzene rings is 6. The molecule has 12 rings (SSSR count). The number of Topliss-reactive ketones (excluding diaryl/α,β-unsaturated/α-hetero) is 1. The van der Waals surface area contributed by atoms with Crippen LogP contribution < -0.4 is 27.7 Å². The van der Waals surface area contributed by atoms with Crippen LogP contribution in [0.1, 0.15) is 96.4 Å². The van der Waals surface area contributed by atoms with Crippen LogP contribution in [0, 0.1) is 35.8 Å². The molecule has 6 heterocycles. The van der Waals surface area contributed by atoms with Crippen LogP contribution in [-0.4, -0.2) is 117 Å². The minimum Gasteiger partial charge on any atom is -0.398 e. The lowest BCUT2D eigenvalue weighted by Crippen LogP contribution is -2.37. The molecule has 0 saturated carbocycles. The fourth-order valence-corrected chi connectivity index (χ4v) is 11.6. The average Bonchev–Trinajstić information content (AvgIpc) is 0.830. The van der Waals surface area contributed by atoms with Crippen LogP contribution in [0.25, 0.3) is 32.7 Å². The van der Waals surface area contributed by atoms with E-state index < -0.39 is 5.97 Å². The Morgan fingerprint density at radius 3 is 1.38 bits per heavy atom. The van der Waals surface area contributed by atoms with E-state index in [1.807, 2.05) is 56.4 Å². The molecule has 0 unspecified atom stereocenters. The summed E-state index contributed by atoms with van der Waals surface area (Å²) in [5.74, 6) is 9.30. The highest BCUT2D eigenvalue weighted by Gasteiger charge is 2.27. The maximum atomic E-state index is 13.3. The molecule has 9 aromatic rings. The monoisotopic (exact) mass is 1540 g/mol. The van der Waals surface area contributed by atoms with Crippen molar-refractivity contribution in [1.82, 2.24) is 43.8 Å². The number of aromatic nitrogens is 6. The van der Waals surface area contributed by atoms with Gasteiger partial charge in [-0.3, -0.25) is 42.7 Å². The predicted octanol–water partition coefficient (Wildman–Crippen LogP) is 13.4. The summed E-state index contributed by atoms with van der Waals surface area (Å²) >= 11 is 21.2. The molecule has 0 spiro atoms. The number of alkyl halides is 2. The number of hydrogen-bond donors (Lipinski definition) is 2. The number of likely N-dealkylation sites (tertiary alicyclic amines) is 2. The van der Waals surface area contributed by atoms with Crippen molar-refractivity contribution in [2.75, 3.05) is 72.2 Å². The first-order valence-electron chi connectivity index (χ1n) is 30.9. The first-order chi connectivity index (χ1) is 46.1. The van der Waals surface area contributed by atoms with Gasteiger partial charge in [0.2, 0.25) is 0 Å². The summed E-state index contributed by atoms with van der Waals surface area (Å²) in [6.45, 7) is 10.1. The molecule has 96 heavy (non-hydrogen) atoms. The zero-order chi connectivity index (χ0) is 69.9. The second kappa shape index (κ2) is 39.4. The average molecular weight is 1550 g/mol. The molecule has 3 saturated heterocycles. The van der Waals surface area contributed by atoms with E-state index >= 15 is 0 Å². The number of fused-ring (bicyclic) bond motifs is 3. The van der Waals surface area contributed by atoms with E-state index in [-0.39, 0.29) is 45.9 Å². The van der Waals surface area contributed by atoms with Crippen molar-refractivity contribution in [3.63, 3.8) is 0 Å². The Morgan fingerprint density at radius 1 is 0.583 bits per heavy atom. The molecule has 0 bridgehead atoms. The summed E-state index contributed by atoms with van der Waals surface area (Å²) in [6.07, 6.45) is 13.1. The standard InChI is InChI=1S/C22H20FN3O.C14H16BrN3O.C10H8BrClN2O.C9H10BrNO.C8H5F.C5H11ClO3.C4H9N/c1-25-21(15-26-11-2-3-12-26)24-20-14-17(9-10-19(20)22(25)27)8-7-16-5-4-6-18(23)13-16;1-17-13(9-18-6-2-3-7-18)16-12-8-10(15)4-5-11(12)14(17)19;1-14-9(5-12)13-8-4-6(11)2-3-7(8)10(14)15;1-2-9(12)7-4-3-6(10)5-8(7)11;1-2-7-4-3-5-8(9)6-7;1-7-5(4-6,8-2)9-3;1-2-4-5-3-1/h4-6,9-10,13-14H,2-3,11-12,15H2,1H3;4-5,8H,2-3,6-7,9H2,1H3;2-4H,5H2,1H3;3-5H,2,11H2,1H3;1,3-6H;4H2,1-3H3;5H,1-4H2. The van der Waals surface area contributed by atoms with Gasteiger partial charge < -0.3 is 25.3 Å². The van der Waals surface area contributed by atoms with Gasteiger partial charge in [-0.2, -0.15) is 0 Å². The van der Waals surface area contributed by atoms with Crippen molar-refractivity contribution in [2.45, 2.75) is 76.8 Å². The molecule has 3 aliphatic rings.